The highest BCUT2D eigenvalue weighted by atomic mass is 16.2. The summed E-state index contributed by atoms with van der Waals surface area (Å²) in [6.07, 6.45) is 2.16. The van der Waals surface area contributed by atoms with E-state index in [1.807, 2.05) is 0 Å². The number of fused-ring (bicyclic) bond motifs is 1. The highest BCUT2D eigenvalue weighted by Crippen LogP contribution is 2.29. The number of nitrogens with one attached hydrogen (secondary N) is 1. The highest BCUT2D eigenvalue weighted by molar-refractivity contribution is 5.79. The minimum Gasteiger partial charge on any atom is -0.356 e. The van der Waals surface area contributed by atoms with Crippen LogP contribution in [0.25, 0.3) is 0 Å². The lowest BCUT2D eigenvalue weighted by Gasteiger charge is -2.40. The van der Waals surface area contributed by atoms with Gasteiger partial charge in [-0.2, -0.15) is 0 Å². The van der Waals surface area contributed by atoms with Crippen LogP contribution in [0, 0.1) is 11.8 Å². The summed E-state index contributed by atoms with van der Waals surface area (Å²) in [5.74, 6) is 1.12. The maximum atomic E-state index is 11.8. The van der Waals surface area contributed by atoms with E-state index in [0.29, 0.717) is 5.92 Å². The van der Waals surface area contributed by atoms with Crippen molar-refractivity contribution in [3.8, 4) is 0 Å². The van der Waals surface area contributed by atoms with Crippen LogP contribution in [0.2, 0.25) is 0 Å². The first kappa shape index (κ1) is 11.7. The second-order valence-electron chi connectivity index (χ2n) is 5.46. The standard InChI is InChI=1S/C15H20N2O/c18-15-14-7-9-17(11-13(14)6-8-16-15)10-12-4-2-1-3-5-12/h1-5,13-14H,6-11H2,(H,16,18). The van der Waals surface area contributed by atoms with Gasteiger partial charge in [-0.15, -0.1) is 0 Å². The van der Waals surface area contributed by atoms with Crippen LogP contribution in [0.1, 0.15) is 18.4 Å². The zero-order valence-corrected chi connectivity index (χ0v) is 10.6. The van der Waals surface area contributed by atoms with Crippen molar-refractivity contribution in [3.63, 3.8) is 0 Å². The fraction of sp³-hybridized carbons (Fsp3) is 0.533. The Bertz CT molecular complexity index is 418. The summed E-state index contributed by atoms with van der Waals surface area (Å²) in [7, 11) is 0. The van der Waals surface area contributed by atoms with Crippen molar-refractivity contribution in [1.29, 1.82) is 0 Å². The van der Waals surface area contributed by atoms with E-state index in [-0.39, 0.29) is 11.8 Å². The number of benzene rings is 1. The number of nitrogens with zero attached hydrogens (tertiary/aromatic N) is 1. The fourth-order valence-corrected chi connectivity index (χ4v) is 3.24. The third kappa shape index (κ3) is 2.41. The van der Waals surface area contributed by atoms with E-state index < -0.39 is 0 Å². The van der Waals surface area contributed by atoms with Gasteiger partial charge in [0.2, 0.25) is 5.91 Å². The minimum atomic E-state index is 0.269. The van der Waals surface area contributed by atoms with Crippen molar-refractivity contribution >= 4 is 5.91 Å². The van der Waals surface area contributed by atoms with Gasteiger partial charge in [-0.1, -0.05) is 30.3 Å². The number of hydrogen-bond donors (Lipinski definition) is 1. The lowest BCUT2D eigenvalue weighted by molar-refractivity contribution is -0.131. The molecular formula is C15H20N2O. The molecule has 3 rings (SSSR count). The van der Waals surface area contributed by atoms with Gasteiger partial charge in [-0.25, -0.2) is 0 Å². The Hall–Kier alpha value is -1.35. The van der Waals surface area contributed by atoms with Gasteiger partial charge in [0.1, 0.15) is 0 Å². The summed E-state index contributed by atoms with van der Waals surface area (Å²) >= 11 is 0. The average molecular weight is 244 g/mol. The zero-order valence-electron chi connectivity index (χ0n) is 10.6. The SMILES string of the molecule is O=C1NCCC2CN(Cc3ccccc3)CCC12. The molecule has 2 aliphatic heterocycles. The highest BCUT2D eigenvalue weighted by Gasteiger charge is 2.36. The second-order valence-corrected chi connectivity index (χ2v) is 5.46. The summed E-state index contributed by atoms with van der Waals surface area (Å²) in [4.78, 5) is 14.3. The van der Waals surface area contributed by atoms with Crippen LogP contribution in [-0.4, -0.2) is 30.4 Å². The summed E-state index contributed by atoms with van der Waals surface area (Å²) in [5.41, 5.74) is 1.37. The molecule has 0 saturated carbocycles. The predicted molar refractivity (Wildman–Crippen MR) is 70.9 cm³/mol. The maximum absolute atomic E-state index is 11.8. The molecule has 1 aromatic rings. The molecule has 0 aliphatic carbocycles. The molecule has 96 valence electrons. The number of amides is 1. The van der Waals surface area contributed by atoms with Gasteiger partial charge >= 0.3 is 0 Å². The molecule has 2 aliphatic rings. The van der Waals surface area contributed by atoms with Gasteiger partial charge in [-0.05, 0) is 30.9 Å². The molecule has 0 spiro atoms. The van der Waals surface area contributed by atoms with E-state index in [0.717, 1.165) is 39.0 Å². The van der Waals surface area contributed by atoms with Crippen LogP contribution in [0.4, 0.5) is 0 Å². The quantitative estimate of drug-likeness (QED) is 0.858. The van der Waals surface area contributed by atoms with Crippen LogP contribution in [0.3, 0.4) is 0 Å². The van der Waals surface area contributed by atoms with E-state index in [9.17, 15) is 4.79 Å². The Morgan fingerprint density at radius 2 is 2.06 bits per heavy atom. The summed E-state index contributed by atoms with van der Waals surface area (Å²) in [6.45, 7) is 4.00. The van der Waals surface area contributed by atoms with E-state index in [1.165, 1.54) is 5.56 Å². The Balaban J connectivity index is 1.62. The maximum Gasteiger partial charge on any atom is 0.223 e. The normalized spacial score (nSPS) is 28.6. The number of piperidine rings is 2. The van der Waals surface area contributed by atoms with E-state index in [2.05, 4.69) is 40.5 Å². The smallest absolute Gasteiger partial charge is 0.223 e. The largest absolute Gasteiger partial charge is 0.356 e. The van der Waals surface area contributed by atoms with E-state index >= 15 is 0 Å². The van der Waals surface area contributed by atoms with E-state index in [4.69, 9.17) is 0 Å². The number of rotatable bonds is 2. The molecule has 3 nitrogen and oxygen atoms in total. The van der Waals surface area contributed by atoms with E-state index in [1.54, 1.807) is 0 Å². The molecule has 0 radical (unpaired) electrons. The van der Waals surface area contributed by atoms with Gasteiger partial charge in [0.15, 0.2) is 0 Å². The lowest BCUT2D eigenvalue weighted by Crippen LogP contribution is -2.50. The van der Waals surface area contributed by atoms with Crippen molar-refractivity contribution in [2.24, 2.45) is 11.8 Å². The molecule has 2 unspecified atom stereocenters. The first-order chi connectivity index (χ1) is 8.83. The van der Waals surface area contributed by atoms with Crippen LogP contribution < -0.4 is 5.32 Å². The van der Waals surface area contributed by atoms with Gasteiger partial charge < -0.3 is 5.32 Å². The minimum absolute atomic E-state index is 0.269. The third-order valence-corrected chi connectivity index (χ3v) is 4.22. The Labute approximate surface area is 108 Å². The van der Waals surface area contributed by atoms with Crippen LogP contribution >= 0.6 is 0 Å². The molecular weight excluding hydrogens is 224 g/mol. The van der Waals surface area contributed by atoms with Gasteiger partial charge in [0, 0.05) is 25.6 Å². The number of likely N-dealkylation sites (tertiary alicyclic amines) is 1. The molecule has 2 saturated heterocycles. The molecule has 0 aromatic heterocycles. The van der Waals surface area contributed by atoms with Gasteiger partial charge in [0.25, 0.3) is 0 Å². The Morgan fingerprint density at radius 1 is 1.22 bits per heavy atom. The Morgan fingerprint density at radius 3 is 2.89 bits per heavy atom. The van der Waals surface area contributed by atoms with Crippen molar-refractivity contribution in [1.82, 2.24) is 10.2 Å². The molecule has 1 amide bonds. The van der Waals surface area contributed by atoms with Gasteiger partial charge in [-0.3, -0.25) is 9.69 Å². The topological polar surface area (TPSA) is 32.3 Å². The van der Waals surface area contributed by atoms with Crippen molar-refractivity contribution in [3.05, 3.63) is 35.9 Å². The van der Waals surface area contributed by atoms with Crippen molar-refractivity contribution < 1.29 is 4.79 Å². The second kappa shape index (κ2) is 5.11. The van der Waals surface area contributed by atoms with Crippen molar-refractivity contribution in [2.75, 3.05) is 19.6 Å². The van der Waals surface area contributed by atoms with Crippen LogP contribution in [0.5, 0.6) is 0 Å². The molecule has 3 heteroatoms. The van der Waals surface area contributed by atoms with Crippen molar-refractivity contribution in [2.45, 2.75) is 19.4 Å². The first-order valence-electron chi connectivity index (χ1n) is 6.87. The molecule has 2 atom stereocenters. The number of carbonyl (C=O) groups excluding carboxylic acids is 1. The van der Waals surface area contributed by atoms with Crippen LogP contribution in [-0.2, 0) is 11.3 Å². The third-order valence-electron chi connectivity index (χ3n) is 4.22. The predicted octanol–water partition coefficient (Wildman–Crippen LogP) is 1.64. The molecule has 1 aromatic carbocycles. The molecule has 1 N–H and O–H groups in total. The molecule has 2 fully saturated rings. The number of carbonyl (C=O) groups is 1. The molecule has 2 heterocycles. The fourth-order valence-electron chi connectivity index (χ4n) is 3.24. The number of hydrogen-bond acceptors (Lipinski definition) is 2. The zero-order chi connectivity index (χ0) is 12.4. The monoisotopic (exact) mass is 244 g/mol. The molecule has 0 bridgehead atoms. The summed E-state index contributed by atoms with van der Waals surface area (Å²) < 4.78 is 0. The van der Waals surface area contributed by atoms with Gasteiger partial charge in [0.05, 0.1) is 0 Å². The first-order valence-corrected chi connectivity index (χ1v) is 6.87. The Kier molecular flexibility index (Phi) is 3.33. The summed E-state index contributed by atoms with van der Waals surface area (Å²) in [5, 5.41) is 2.99. The molecule has 18 heavy (non-hydrogen) atoms. The van der Waals surface area contributed by atoms with Crippen LogP contribution in [0.15, 0.2) is 30.3 Å². The lowest BCUT2D eigenvalue weighted by atomic mass is 9.80. The average Bonchev–Trinajstić information content (AvgIpc) is 2.40. The summed E-state index contributed by atoms with van der Waals surface area (Å²) in [6, 6.07) is 10.6.